The smallest absolute Gasteiger partial charge is 0.235 e. The molecule has 0 saturated heterocycles. The fourth-order valence-electron chi connectivity index (χ4n) is 3.25. The van der Waals surface area contributed by atoms with Gasteiger partial charge >= 0.3 is 0 Å². The van der Waals surface area contributed by atoms with Crippen LogP contribution >= 0.6 is 0 Å². The lowest BCUT2D eigenvalue weighted by atomic mass is 10.00. The molecule has 0 fully saturated rings. The number of anilines is 1. The molecule has 0 aliphatic carbocycles. The summed E-state index contributed by atoms with van der Waals surface area (Å²) < 4.78 is 11.5. The van der Waals surface area contributed by atoms with Crippen LogP contribution in [0.4, 0.5) is 5.88 Å². The maximum Gasteiger partial charge on any atom is 0.235 e. The summed E-state index contributed by atoms with van der Waals surface area (Å²) in [7, 11) is 0. The number of fused-ring (bicyclic) bond motifs is 1. The van der Waals surface area contributed by atoms with Gasteiger partial charge in [-0.1, -0.05) is 24.3 Å². The summed E-state index contributed by atoms with van der Waals surface area (Å²) in [5, 5.41) is 9.50. The summed E-state index contributed by atoms with van der Waals surface area (Å²) in [6.45, 7) is 4.11. The van der Waals surface area contributed by atoms with Gasteiger partial charge in [-0.2, -0.15) is 10.2 Å². The van der Waals surface area contributed by atoms with Gasteiger partial charge in [0.1, 0.15) is 11.8 Å². The molecule has 0 N–H and O–H groups in total. The summed E-state index contributed by atoms with van der Waals surface area (Å²) in [6, 6.07) is 18.1. The number of hydrogen-bond donors (Lipinski definition) is 0. The third-order valence-electron chi connectivity index (χ3n) is 4.55. The summed E-state index contributed by atoms with van der Waals surface area (Å²) in [6.07, 6.45) is 0.931. The number of ether oxygens (including phenoxy) is 1. The zero-order valence-corrected chi connectivity index (χ0v) is 14.6. The Hall–Kier alpha value is -3.26. The zero-order valence-electron chi connectivity index (χ0n) is 14.6. The molecule has 0 spiro atoms. The highest BCUT2D eigenvalue weighted by molar-refractivity contribution is 5.61. The minimum Gasteiger partial charge on any atom is -0.494 e. The van der Waals surface area contributed by atoms with E-state index < -0.39 is 0 Å². The predicted molar refractivity (Wildman–Crippen MR) is 99.0 cm³/mol. The van der Waals surface area contributed by atoms with Gasteiger partial charge in [-0.25, -0.2) is 0 Å². The lowest BCUT2D eigenvalue weighted by Crippen LogP contribution is -2.30. The predicted octanol–water partition coefficient (Wildman–Crippen LogP) is 4.17. The highest BCUT2D eigenvalue weighted by Gasteiger charge is 2.24. The lowest BCUT2D eigenvalue weighted by Gasteiger charge is -2.28. The van der Waals surface area contributed by atoms with Gasteiger partial charge in [-0.15, -0.1) is 0 Å². The van der Waals surface area contributed by atoms with E-state index in [2.05, 4.69) is 34.2 Å². The number of benzene rings is 2. The molecule has 1 aliphatic rings. The molecule has 0 saturated carbocycles. The number of hydrogen-bond acceptors (Lipinski definition) is 5. The van der Waals surface area contributed by atoms with Crippen molar-refractivity contribution in [3.8, 4) is 23.3 Å². The van der Waals surface area contributed by atoms with Crippen LogP contribution in [0.15, 0.2) is 52.9 Å². The van der Waals surface area contributed by atoms with Crippen LogP contribution in [0.5, 0.6) is 5.75 Å². The Morgan fingerprint density at radius 1 is 1.15 bits per heavy atom. The van der Waals surface area contributed by atoms with Crippen LogP contribution < -0.4 is 9.64 Å². The second-order valence-electron chi connectivity index (χ2n) is 6.18. The summed E-state index contributed by atoms with van der Waals surface area (Å²) in [4.78, 5) is 6.48. The molecule has 5 heteroatoms. The minimum atomic E-state index is 0.327. The van der Waals surface area contributed by atoms with Gasteiger partial charge in [-0.3, -0.25) is 0 Å². The van der Waals surface area contributed by atoms with Crippen molar-refractivity contribution < 1.29 is 9.15 Å². The van der Waals surface area contributed by atoms with E-state index >= 15 is 0 Å². The SMILES string of the molecule is CCOc1ccc(-c2nc(C#N)c(N3CCc4ccccc4C3)o2)cc1. The highest BCUT2D eigenvalue weighted by Crippen LogP contribution is 2.32. The normalized spacial score (nSPS) is 13.2. The van der Waals surface area contributed by atoms with Crippen LogP contribution in [-0.2, 0) is 13.0 Å². The van der Waals surface area contributed by atoms with E-state index in [9.17, 15) is 5.26 Å². The first-order valence-corrected chi connectivity index (χ1v) is 8.74. The van der Waals surface area contributed by atoms with Crippen LogP contribution in [0.1, 0.15) is 23.7 Å². The first-order valence-electron chi connectivity index (χ1n) is 8.74. The van der Waals surface area contributed by atoms with E-state index in [-0.39, 0.29) is 0 Å². The van der Waals surface area contributed by atoms with Crippen molar-refractivity contribution in [2.24, 2.45) is 0 Å². The molecule has 0 bridgehead atoms. The molecular weight excluding hydrogens is 326 g/mol. The van der Waals surface area contributed by atoms with Gasteiger partial charge in [0.25, 0.3) is 0 Å². The molecule has 2 aromatic carbocycles. The molecule has 26 heavy (non-hydrogen) atoms. The van der Waals surface area contributed by atoms with Gasteiger partial charge in [-0.05, 0) is 48.7 Å². The van der Waals surface area contributed by atoms with Gasteiger partial charge < -0.3 is 14.1 Å². The zero-order chi connectivity index (χ0) is 17.9. The minimum absolute atomic E-state index is 0.327. The molecule has 0 atom stereocenters. The van der Waals surface area contributed by atoms with Crippen molar-refractivity contribution in [2.75, 3.05) is 18.1 Å². The molecule has 2 heterocycles. The Balaban J connectivity index is 1.63. The van der Waals surface area contributed by atoms with Gasteiger partial charge in [0.05, 0.1) is 6.61 Å². The number of nitrogens with zero attached hydrogens (tertiary/aromatic N) is 3. The number of nitriles is 1. The molecule has 0 unspecified atom stereocenters. The average Bonchev–Trinajstić information content (AvgIpc) is 3.13. The molecule has 4 rings (SSSR count). The quantitative estimate of drug-likeness (QED) is 0.710. The monoisotopic (exact) mass is 345 g/mol. The van der Waals surface area contributed by atoms with E-state index in [1.165, 1.54) is 11.1 Å². The third kappa shape index (κ3) is 3.02. The second-order valence-corrected chi connectivity index (χ2v) is 6.18. The van der Waals surface area contributed by atoms with Gasteiger partial charge in [0, 0.05) is 18.7 Å². The first-order chi connectivity index (χ1) is 12.8. The second kappa shape index (κ2) is 6.93. The number of oxazole rings is 1. The number of rotatable bonds is 4. The summed E-state index contributed by atoms with van der Waals surface area (Å²) in [5.41, 5.74) is 3.78. The van der Waals surface area contributed by atoms with E-state index in [1.807, 2.05) is 37.3 Å². The molecular formula is C21H19N3O2. The van der Waals surface area contributed by atoms with Crippen LogP contribution in [0.25, 0.3) is 11.5 Å². The topological polar surface area (TPSA) is 62.3 Å². The highest BCUT2D eigenvalue weighted by atomic mass is 16.5. The Morgan fingerprint density at radius 3 is 2.65 bits per heavy atom. The number of aromatic nitrogens is 1. The van der Waals surface area contributed by atoms with Gasteiger partial charge in [0.2, 0.25) is 17.5 Å². The fourth-order valence-corrected chi connectivity index (χ4v) is 3.25. The van der Waals surface area contributed by atoms with Crippen molar-refractivity contribution in [2.45, 2.75) is 19.9 Å². The first kappa shape index (κ1) is 16.2. The van der Waals surface area contributed by atoms with E-state index in [4.69, 9.17) is 9.15 Å². The van der Waals surface area contributed by atoms with Crippen LogP contribution in [0, 0.1) is 11.3 Å². The van der Waals surface area contributed by atoms with E-state index in [0.717, 1.165) is 30.8 Å². The molecule has 130 valence electrons. The van der Waals surface area contributed by atoms with Crippen LogP contribution in [0.3, 0.4) is 0 Å². The maximum absolute atomic E-state index is 9.50. The van der Waals surface area contributed by atoms with Crippen LogP contribution in [-0.4, -0.2) is 18.1 Å². The maximum atomic E-state index is 9.50. The van der Waals surface area contributed by atoms with Crippen molar-refractivity contribution in [1.29, 1.82) is 5.26 Å². The van der Waals surface area contributed by atoms with E-state index in [1.54, 1.807) is 0 Å². The third-order valence-corrected chi connectivity index (χ3v) is 4.55. The molecule has 3 aromatic rings. The summed E-state index contributed by atoms with van der Waals surface area (Å²) >= 11 is 0. The Labute approximate surface area is 152 Å². The van der Waals surface area contributed by atoms with Crippen molar-refractivity contribution >= 4 is 5.88 Å². The molecule has 1 aromatic heterocycles. The summed E-state index contributed by atoms with van der Waals surface area (Å²) in [5.74, 6) is 1.81. The molecule has 0 radical (unpaired) electrons. The Kier molecular flexibility index (Phi) is 4.32. The average molecular weight is 345 g/mol. The molecule has 1 aliphatic heterocycles. The Bertz CT molecular complexity index is 954. The Morgan fingerprint density at radius 2 is 1.92 bits per heavy atom. The van der Waals surface area contributed by atoms with Crippen molar-refractivity contribution in [3.63, 3.8) is 0 Å². The van der Waals surface area contributed by atoms with Crippen molar-refractivity contribution in [1.82, 2.24) is 4.98 Å². The molecule has 5 nitrogen and oxygen atoms in total. The van der Waals surface area contributed by atoms with Crippen molar-refractivity contribution in [3.05, 3.63) is 65.4 Å². The molecule has 0 amide bonds. The van der Waals surface area contributed by atoms with Gasteiger partial charge in [0.15, 0.2) is 0 Å². The largest absolute Gasteiger partial charge is 0.494 e. The standard InChI is InChI=1S/C21H19N3O2/c1-2-25-18-9-7-16(8-10-18)20-23-19(13-22)21(26-20)24-12-11-15-5-3-4-6-17(15)14-24/h3-10H,2,11-12,14H2,1H3. The van der Waals surface area contributed by atoms with E-state index in [0.29, 0.717) is 24.1 Å². The van der Waals surface area contributed by atoms with Crippen LogP contribution in [0.2, 0.25) is 0 Å². The fraction of sp³-hybridized carbons (Fsp3) is 0.238. The lowest BCUT2D eigenvalue weighted by molar-refractivity contribution is 0.340.